The number of rotatable bonds is 17. The number of aliphatic carboxylic acids is 1. The fourth-order valence-electron chi connectivity index (χ4n) is 2.73. The molecule has 2 N–H and O–H groups in total. The van der Waals surface area contributed by atoms with Gasteiger partial charge in [-0.25, -0.2) is 0 Å². The van der Waals surface area contributed by atoms with Crippen LogP contribution in [0.3, 0.4) is 0 Å². The van der Waals surface area contributed by atoms with Crippen molar-refractivity contribution in [3.63, 3.8) is 0 Å². The fourth-order valence-corrected chi connectivity index (χ4v) is 2.73. The molecular formula is C20H38O3. The number of aliphatic hydroxyl groups is 1. The summed E-state index contributed by atoms with van der Waals surface area (Å²) in [6.07, 6.45) is 20.2. The predicted molar refractivity (Wildman–Crippen MR) is 97.7 cm³/mol. The third-order valence-electron chi connectivity index (χ3n) is 4.22. The molecule has 3 nitrogen and oxygen atoms in total. The van der Waals surface area contributed by atoms with E-state index in [0.717, 1.165) is 51.4 Å². The largest absolute Gasteiger partial charge is 0.481 e. The van der Waals surface area contributed by atoms with Crippen molar-refractivity contribution < 1.29 is 15.0 Å². The van der Waals surface area contributed by atoms with Crippen LogP contribution in [-0.4, -0.2) is 22.3 Å². The first-order valence-corrected chi connectivity index (χ1v) is 9.73. The number of carbonyl (C=O) groups is 1. The van der Waals surface area contributed by atoms with Crippen LogP contribution in [0, 0.1) is 0 Å². The van der Waals surface area contributed by atoms with E-state index in [-0.39, 0.29) is 6.10 Å². The van der Waals surface area contributed by atoms with Gasteiger partial charge in [0.05, 0.1) is 6.10 Å². The van der Waals surface area contributed by atoms with Gasteiger partial charge >= 0.3 is 5.97 Å². The zero-order chi connectivity index (χ0) is 17.2. The molecular weight excluding hydrogens is 288 g/mol. The molecule has 0 radical (unpaired) electrons. The van der Waals surface area contributed by atoms with Crippen molar-refractivity contribution in [3.05, 3.63) is 12.2 Å². The molecule has 0 aromatic rings. The highest BCUT2D eigenvalue weighted by Crippen LogP contribution is 2.11. The lowest BCUT2D eigenvalue weighted by Gasteiger charge is -2.05. The topological polar surface area (TPSA) is 57.5 Å². The maximum Gasteiger partial charge on any atom is 0.303 e. The van der Waals surface area contributed by atoms with Crippen LogP contribution in [-0.2, 0) is 4.79 Å². The first kappa shape index (κ1) is 22.2. The lowest BCUT2D eigenvalue weighted by atomic mass is 10.1. The molecule has 0 aliphatic heterocycles. The summed E-state index contributed by atoms with van der Waals surface area (Å²) in [5, 5.41) is 18.4. The number of carboxylic acid groups (broad SMARTS) is 1. The molecule has 0 aromatic heterocycles. The summed E-state index contributed by atoms with van der Waals surface area (Å²) in [5.74, 6) is -0.694. The second-order valence-corrected chi connectivity index (χ2v) is 6.61. The molecule has 0 aliphatic rings. The molecule has 3 heteroatoms. The monoisotopic (exact) mass is 326 g/mol. The molecule has 0 heterocycles. The van der Waals surface area contributed by atoms with E-state index < -0.39 is 5.97 Å². The van der Waals surface area contributed by atoms with Gasteiger partial charge in [-0.3, -0.25) is 4.79 Å². The van der Waals surface area contributed by atoms with E-state index >= 15 is 0 Å². The Morgan fingerprint density at radius 1 is 0.870 bits per heavy atom. The quantitative estimate of drug-likeness (QED) is 0.260. The molecule has 0 saturated heterocycles. The van der Waals surface area contributed by atoms with Crippen molar-refractivity contribution in [3.8, 4) is 0 Å². The Bertz CT molecular complexity index is 287. The summed E-state index contributed by atoms with van der Waals surface area (Å²) in [5.41, 5.74) is 0. The highest BCUT2D eigenvalue weighted by atomic mass is 16.4. The summed E-state index contributed by atoms with van der Waals surface area (Å²) in [4.78, 5) is 10.4. The predicted octanol–water partition coefficient (Wildman–Crippen LogP) is 5.86. The average Bonchev–Trinajstić information content (AvgIpc) is 2.52. The number of hydrogen-bond acceptors (Lipinski definition) is 2. The first-order chi connectivity index (χ1) is 11.2. The summed E-state index contributed by atoms with van der Waals surface area (Å²) >= 11 is 0. The van der Waals surface area contributed by atoms with Crippen LogP contribution in [0.4, 0.5) is 0 Å². The lowest BCUT2D eigenvalue weighted by molar-refractivity contribution is -0.137. The lowest BCUT2D eigenvalue weighted by Crippen LogP contribution is -2.01. The number of unbranched alkanes of at least 4 members (excludes halogenated alkanes) is 11. The maximum absolute atomic E-state index is 10.4. The van der Waals surface area contributed by atoms with Gasteiger partial charge in [-0.15, -0.1) is 0 Å². The molecule has 0 amide bonds. The Kier molecular flexibility index (Phi) is 16.9. The molecule has 0 bridgehead atoms. The van der Waals surface area contributed by atoms with Crippen molar-refractivity contribution in [1.29, 1.82) is 0 Å². The second kappa shape index (κ2) is 17.5. The van der Waals surface area contributed by atoms with Gasteiger partial charge in [0.2, 0.25) is 0 Å². The van der Waals surface area contributed by atoms with Crippen molar-refractivity contribution in [2.75, 3.05) is 0 Å². The summed E-state index contributed by atoms with van der Waals surface area (Å²) in [7, 11) is 0. The number of carboxylic acids is 1. The van der Waals surface area contributed by atoms with E-state index in [2.05, 4.69) is 13.0 Å². The van der Waals surface area contributed by atoms with Crippen LogP contribution in [0.5, 0.6) is 0 Å². The SMILES string of the molecule is CCCCCCCC/C=C/C(O)CCCCCCCCC(=O)O. The average molecular weight is 327 g/mol. The van der Waals surface area contributed by atoms with Gasteiger partial charge < -0.3 is 10.2 Å². The fraction of sp³-hybridized carbons (Fsp3) is 0.850. The van der Waals surface area contributed by atoms with Crippen molar-refractivity contribution >= 4 is 5.97 Å². The molecule has 0 rings (SSSR count). The van der Waals surface area contributed by atoms with Crippen LogP contribution >= 0.6 is 0 Å². The molecule has 0 spiro atoms. The van der Waals surface area contributed by atoms with E-state index in [1.807, 2.05) is 6.08 Å². The normalized spacial score (nSPS) is 12.8. The van der Waals surface area contributed by atoms with Gasteiger partial charge in [0.1, 0.15) is 0 Å². The van der Waals surface area contributed by atoms with Crippen LogP contribution < -0.4 is 0 Å². The Morgan fingerprint density at radius 3 is 2.09 bits per heavy atom. The summed E-state index contributed by atoms with van der Waals surface area (Å²) in [6, 6.07) is 0. The highest BCUT2D eigenvalue weighted by molar-refractivity contribution is 5.66. The summed E-state index contributed by atoms with van der Waals surface area (Å²) in [6.45, 7) is 2.24. The minimum absolute atomic E-state index is 0.290. The highest BCUT2D eigenvalue weighted by Gasteiger charge is 2.00. The van der Waals surface area contributed by atoms with Gasteiger partial charge in [-0.2, -0.15) is 0 Å². The maximum atomic E-state index is 10.4. The van der Waals surface area contributed by atoms with Gasteiger partial charge in [0.25, 0.3) is 0 Å². The van der Waals surface area contributed by atoms with Gasteiger partial charge in [-0.05, 0) is 25.7 Å². The molecule has 23 heavy (non-hydrogen) atoms. The summed E-state index contributed by atoms with van der Waals surface area (Å²) < 4.78 is 0. The van der Waals surface area contributed by atoms with E-state index in [9.17, 15) is 9.90 Å². The van der Waals surface area contributed by atoms with Crippen molar-refractivity contribution in [1.82, 2.24) is 0 Å². The van der Waals surface area contributed by atoms with E-state index in [1.165, 1.54) is 38.5 Å². The van der Waals surface area contributed by atoms with Crippen molar-refractivity contribution in [2.45, 2.75) is 109 Å². The molecule has 136 valence electrons. The molecule has 0 saturated carbocycles. The van der Waals surface area contributed by atoms with Crippen LogP contribution in [0.2, 0.25) is 0 Å². The molecule has 0 aromatic carbocycles. The Balaban J connectivity index is 3.27. The number of hydrogen-bond donors (Lipinski definition) is 2. The number of allylic oxidation sites excluding steroid dienone is 1. The second-order valence-electron chi connectivity index (χ2n) is 6.61. The van der Waals surface area contributed by atoms with Gasteiger partial charge in [-0.1, -0.05) is 83.3 Å². The van der Waals surface area contributed by atoms with Crippen molar-refractivity contribution in [2.24, 2.45) is 0 Å². The Labute approximate surface area is 143 Å². The van der Waals surface area contributed by atoms with Crippen LogP contribution in [0.25, 0.3) is 0 Å². The third-order valence-corrected chi connectivity index (χ3v) is 4.22. The smallest absolute Gasteiger partial charge is 0.303 e. The minimum atomic E-state index is -0.694. The Morgan fingerprint density at radius 2 is 1.43 bits per heavy atom. The van der Waals surface area contributed by atoms with E-state index in [1.54, 1.807) is 0 Å². The molecule has 1 unspecified atom stereocenters. The number of aliphatic hydroxyl groups excluding tert-OH is 1. The standard InChI is InChI=1S/C20H38O3/c1-2-3-4-5-6-7-10-13-16-19(21)17-14-11-8-9-12-15-18-20(22)23/h13,16,19,21H,2-12,14-15,17-18H2,1H3,(H,22,23)/b16-13+. The molecule has 0 fully saturated rings. The first-order valence-electron chi connectivity index (χ1n) is 9.73. The molecule has 0 aliphatic carbocycles. The molecule has 1 atom stereocenters. The third kappa shape index (κ3) is 19.1. The van der Waals surface area contributed by atoms with Gasteiger partial charge in [0, 0.05) is 6.42 Å². The van der Waals surface area contributed by atoms with Gasteiger partial charge in [0.15, 0.2) is 0 Å². The minimum Gasteiger partial charge on any atom is -0.481 e. The zero-order valence-corrected chi connectivity index (χ0v) is 15.1. The van der Waals surface area contributed by atoms with E-state index in [0.29, 0.717) is 6.42 Å². The zero-order valence-electron chi connectivity index (χ0n) is 15.1. The van der Waals surface area contributed by atoms with E-state index in [4.69, 9.17) is 5.11 Å². The van der Waals surface area contributed by atoms with Crippen LogP contribution in [0.1, 0.15) is 103 Å². The Hall–Kier alpha value is -0.830. The van der Waals surface area contributed by atoms with Crippen LogP contribution in [0.15, 0.2) is 12.2 Å².